The lowest BCUT2D eigenvalue weighted by atomic mass is 10.1. The maximum Gasteiger partial charge on any atom is 0.273 e. The van der Waals surface area contributed by atoms with Crippen LogP contribution in [-0.2, 0) is 22.6 Å². The molecule has 0 heterocycles. The van der Waals surface area contributed by atoms with E-state index in [2.05, 4.69) is 5.32 Å². The molecule has 2 rings (SSSR count). The molecule has 2 amide bonds. The van der Waals surface area contributed by atoms with E-state index >= 15 is 0 Å². The molecule has 2 aromatic rings. The van der Waals surface area contributed by atoms with E-state index in [9.17, 15) is 19.7 Å². The van der Waals surface area contributed by atoms with Gasteiger partial charge in [0.05, 0.1) is 11.3 Å². The third-order valence-corrected chi connectivity index (χ3v) is 4.66. The Kier molecular flexibility index (Phi) is 8.33. The molecule has 0 saturated carbocycles. The summed E-state index contributed by atoms with van der Waals surface area (Å²) < 4.78 is 0. The molecule has 0 aliphatic rings. The molecule has 29 heavy (non-hydrogen) atoms. The van der Waals surface area contributed by atoms with Crippen molar-refractivity contribution in [2.24, 2.45) is 0 Å². The molecular formula is C22H27N3O4. The Labute approximate surface area is 170 Å². The number of rotatable bonds is 10. The average Bonchev–Trinajstić information content (AvgIpc) is 2.73. The number of benzene rings is 2. The lowest BCUT2D eigenvalue weighted by Gasteiger charge is -2.30. The highest BCUT2D eigenvalue weighted by atomic mass is 16.6. The van der Waals surface area contributed by atoms with E-state index in [1.165, 1.54) is 11.0 Å². The van der Waals surface area contributed by atoms with Crippen LogP contribution >= 0.6 is 0 Å². The predicted molar refractivity (Wildman–Crippen MR) is 111 cm³/mol. The minimum absolute atomic E-state index is 0.0935. The second-order valence-electron chi connectivity index (χ2n) is 6.78. The van der Waals surface area contributed by atoms with Crippen LogP contribution in [0.4, 0.5) is 5.69 Å². The van der Waals surface area contributed by atoms with Crippen LogP contribution < -0.4 is 5.32 Å². The molecule has 1 atom stereocenters. The predicted octanol–water partition coefficient (Wildman–Crippen LogP) is 3.47. The molecule has 0 radical (unpaired) electrons. The normalized spacial score (nSPS) is 11.5. The van der Waals surface area contributed by atoms with Gasteiger partial charge in [0, 0.05) is 24.7 Å². The standard InChI is InChI=1S/C22H27N3O4/c1-3-14-23-22(27)19(4-2)24(16-17-10-6-5-7-11-17)21(26)15-18-12-8-9-13-20(18)25(28)29/h5-13,19H,3-4,14-16H2,1-2H3,(H,23,27). The van der Waals surface area contributed by atoms with E-state index in [-0.39, 0.29) is 30.5 Å². The van der Waals surface area contributed by atoms with Crippen LogP contribution in [0.2, 0.25) is 0 Å². The van der Waals surface area contributed by atoms with Gasteiger partial charge in [-0.15, -0.1) is 0 Å². The van der Waals surface area contributed by atoms with Crippen molar-refractivity contribution < 1.29 is 14.5 Å². The van der Waals surface area contributed by atoms with Gasteiger partial charge in [-0.1, -0.05) is 62.4 Å². The highest BCUT2D eigenvalue weighted by Gasteiger charge is 2.29. The summed E-state index contributed by atoms with van der Waals surface area (Å²) in [6, 6.07) is 15.0. The summed E-state index contributed by atoms with van der Waals surface area (Å²) in [5.74, 6) is -0.525. The Balaban J connectivity index is 2.31. The maximum absolute atomic E-state index is 13.2. The number of carbonyl (C=O) groups excluding carboxylic acids is 2. The largest absolute Gasteiger partial charge is 0.354 e. The molecule has 0 bridgehead atoms. The molecule has 0 spiro atoms. The van der Waals surface area contributed by atoms with Gasteiger partial charge in [0.1, 0.15) is 6.04 Å². The van der Waals surface area contributed by atoms with Crippen LogP contribution in [0.25, 0.3) is 0 Å². The van der Waals surface area contributed by atoms with Crippen LogP contribution in [0.5, 0.6) is 0 Å². The highest BCUT2D eigenvalue weighted by molar-refractivity contribution is 5.88. The summed E-state index contributed by atoms with van der Waals surface area (Å²) in [5, 5.41) is 14.2. The number of hydrogen-bond acceptors (Lipinski definition) is 4. The monoisotopic (exact) mass is 397 g/mol. The van der Waals surface area contributed by atoms with Gasteiger partial charge in [-0.25, -0.2) is 0 Å². The number of nitrogens with zero attached hydrogens (tertiary/aromatic N) is 2. The smallest absolute Gasteiger partial charge is 0.273 e. The Hall–Kier alpha value is -3.22. The summed E-state index contributed by atoms with van der Waals surface area (Å²) >= 11 is 0. The molecule has 2 aromatic carbocycles. The number of hydrogen-bond donors (Lipinski definition) is 1. The number of nitro benzene ring substituents is 1. The average molecular weight is 397 g/mol. The number of para-hydroxylation sites is 1. The van der Waals surface area contributed by atoms with Gasteiger partial charge >= 0.3 is 0 Å². The van der Waals surface area contributed by atoms with Gasteiger partial charge in [-0.05, 0) is 18.4 Å². The third kappa shape index (κ3) is 6.14. The van der Waals surface area contributed by atoms with E-state index in [0.29, 0.717) is 18.5 Å². The minimum Gasteiger partial charge on any atom is -0.354 e. The SMILES string of the molecule is CCCNC(=O)C(CC)N(Cc1ccccc1)C(=O)Cc1ccccc1[N+](=O)[O-]. The van der Waals surface area contributed by atoms with Crippen molar-refractivity contribution in [2.75, 3.05) is 6.54 Å². The molecule has 0 aliphatic carbocycles. The third-order valence-electron chi connectivity index (χ3n) is 4.66. The van der Waals surface area contributed by atoms with E-state index in [0.717, 1.165) is 12.0 Å². The number of nitrogens with one attached hydrogen (secondary N) is 1. The Morgan fingerprint density at radius 3 is 2.34 bits per heavy atom. The Morgan fingerprint density at radius 2 is 1.72 bits per heavy atom. The topological polar surface area (TPSA) is 92.6 Å². The lowest BCUT2D eigenvalue weighted by Crippen LogP contribution is -2.49. The Morgan fingerprint density at radius 1 is 1.07 bits per heavy atom. The van der Waals surface area contributed by atoms with E-state index < -0.39 is 11.0 Å². The lowest BCUT2D eigenvalue weighted by molar-refractivity contribution is -0.385. The summed E-state index contributed by atoms with van der Waals surface area (Å²) in [7, 11) is 0. The van der Waals surface area contributed by atoms with Crippen LogP contribution in [0.3, 0.4) is 0 Å². The van der Waals surface area contributed by atoms with Gasteiger partial charge in [-0.3, -0.25) is 19.7 Å². The van der Waals surface area contributed by atoms with Crippen LogP contribution in [-0.4, -0.2) is 34.2 Å². The first-order valence-electron chi connectivity index (χ1n) is 9.81. The molecule has 0 aliphatic heterocycles. The van der Waals surface area contributed by atoms with Crippen molar-refractivity contribution in [1.29, 1.82) is 0 Å². The fourth-order valence-corrected chi connectivity index (χ4v) is 3.17. The molecule has 7 heteroatoms. The van der Waals surface area contributed by atoms with Crippen molar-refractivity contribution in [3.8, 4) is 0 Å². The van der Waals surface area contributed by atoms with Crippen LogP contribution in [0, 0.1) is 10.1 Å². The van der Waals surface area contributed by atoms with Gasteiger partial charge in [-0.2, -0.15) is 0 Å². The first-order chi connectivity index (χ1) is 14.0. The van der Waals surface area contributed by atoms with Gasteiger partial charge < -0.3 is 10.2 Å². The van der Waals surface area contributed by atoms with E-state index in [4.69, 9.17) is 0 Å². The first-order valence-corrected chi connectivity index (χ1v) is 9.81. The van der Waals surface area contributed by atoms with Gasteiger partial charge in [0.2, 0.25) is 11.8 Å². The number of carbonyl (C=O) groups is 2. The fraction of sp³-hybridized carbons (Fsp3) is 0.364. The molecular weight excluding hydrogens is 370 g/mol. The molecule has 0 fully saturated rings. The molecule has 0 saturated heterocycles. The second kappa shape index (κ2) is 10.9. The zero-order valence-electron chi connectivity index (χ0n) is 16.8. The van der Waals surface area contributed by atoms with Crippen LogP contribution in [0.15, 0.2) is 54.6 Å². The van der Waals surface area contributed by atoms with Crippen molar-refractivity contribution in [2.45, 2.75) is 45.7 Å². The molecule has 7 nitrogen and oxygen atoms in total. The molecule has 154 valence electrons. The van der Waals surface area contributed by atoms with Crippen molar-refractivity contribution in [1.82, 2.24) is 10.2 Å². The first kappa shape index (κ1) is 22.1. The summed E-state index contributed by atoms with van der Waals surface area (Å²) in [5.41, 5.74) is 1.14. The Bertz CT molecular complexity index is 839. The number of nitro groups is 1. The van der Waals surface area contributed by atoms with E-state index in [1.54, 1.807) is 18.2 Å². The molecule has 1 unspecified atom stereocenters. The molecule has 0 aromatic heterocycles. The minimum atomic E-state index is -0.642. The van der Waals surface area contributed by atoms with Crippen LogP contribution in [0.1, 0.15) is 37.8 Å². The number of amides is 2. The van der Waals surface area contributed by atoms with E-state index in [1.807, 2.05) is 44.2 Å². The van der Waals surface area contributed by atoms with Crippen molar-refractivity contribution in [3.05, 3.63) is 75.8 Å². The summed E-state index contributed by atoms with van der Waals surface area (Å²) in [6.45, 7) is 4.61. The zero-order chi connectivity index (χ0) is 21.2. The van der Waals surface area contributed by atoms with Crippen molar-refractivity contribution in [3.63, 3.8) is 0 Å². The van der Waals surface area contributed by atoms with Gasteiger partial charge in [0.15, 0.2) is 0 Å². The summed E-state index contributed by atoms with van der Waals surface area (Å²) in [6.07, 6.45) is 1.11. The van der Waals surface area contributed by atoms with Gasteiger partial charge in [0.25, 0.3) is 5.69 Å². The summed E-state index contributed by atoms with van der Waals surface area (Å²) in [4.78, 5) is 38.2. The molecule has 1 N–H and O–H groups in total. The maximum atomic E-state index is 13.2. The quantitative estimate of drug-likeness (QED) is 0.491. The zero-order valence-corrected chi connectivity index (χ0v) is 16.8. The second-order valence-corrected chi connectivity index (χ2v) is 6.78. The van der Waals surface area contributed by atoms with Crippen molar-refractivity contribution >= 4 is 17.5 Å². The highest BCUT2D eigenvalue weighted by Crippen LogP contribution is 2.21. The fourth-order valence-electron chi connectivity index (χ4n) is 3.17.